The van der Waals surface area contributed by atoms with Gasteiger partial charge in [-0.05, 0) is 37.2 Å². The van der Waals surface area contributed by atoms with E-state index in [0.717, 1.165) is 50.6 Å². The van der Waals surface area contributed by atoms with Crippen molar-refractivity contribution in [3.63, 3.8) is 0 Å². The number of hydrogen-bond donors (Lipinski definition) is 3. The van der Waals surface area contributed by atoms with E-state index in [2.05, 4.69) is 28.2 Å². The number of thiol groups is 1. The van der Waals surface area contributed by atoms with Gasteiger partial charge in [-0.15, -0.1) is 12.6 Å². The summed E-state index contributed by atoms with van der Waals surface area (Å²) >= 11 is 4.20. The van der Waals surface area contributed by atoms with Crippen molar-refractivity contribution in [2.45, 2.75) is 11.3 Å². The van der Waals surface area contributed by atoms with Crippen LogP contribution in [0.15, 0.2) is 29.2 Å². The van der Waals surface area contributed by atoms with Crippen LogP contribution >= 0.6 is 12.6 Å². The molecule has 0 atom stereocenters. The minimum absolute atomic E-state index is 0.00589. The van der Waals surface area contributed by atoms with Crippen molar-refractivity contribution in [1.29, 1.82) is 0 Å². The molecule has 0 spiro atoms. The van der Waals surface area contributed by atoms with E-state index < -0.39 is 0 Å². The number of nitrogens with zero attached hydrogens (tertiary/aromatic N) is 1. The minimum Gasteiger partial charge on any atom is -0.352 e. The third-order valence-electron chi connectivity index (χ3n) is 3.28. The first-order chi connectivity index (χ1) is 9.25. The first kappa shape index (κ1) is 14.4. The third-order valence-corrected chi connectivity index (χ3v) is 3.57. The van der Waals surface area contributed by atoms with Crippen LogP contribution in [0, 0.1) is 0 Å². The molecule has 1 fully saturated rings. The summed E-state index contributed by atoms with van der Waals surface area (Å²) in [6.07, 6.45) is 0.996. The molecule has 1 aliphatic rings. The van der Waals surface area contributed by atoms with Crippen molar-refractivity contribution in [1.82, 2.24) is 15.5 Å². The van der Waals surface area contributed by atoms with Crippen molar-refractivity contribution < 1.29 is 4.79 Å². The van der Waals surface area contributed by atoms with Crippen LogP contribution in [0.4, 0.5) is 0 Å². The third kappa shape index (κ3) is 4.86. The quantitative estimate of drug-likeness (QED) is 0.556. The van der Waals surface area contributed by atoms with Gasteiger partial charge in [-0.1, -0.05) is 0 Å². The molecule has 1 aromatic rings. The number of rotatable bonds is 5. The molecule has 1 heterocycles. The molecule has 0 radical (unpaired) electrons. The predicted molar refractivity (Wildman–Crippen MR) is 80.0 cm³/mol. The Hall–Kier alpha value is -1.04. The number of amides is 1. The molecule has 5 heteroatoms. The second kappa shape index (κ2) is 7.53. The molecule has 0 aromatic heterocycles. The van der Waals surface area contributed by atoms with E-state index in [1.165, 1.54) is 0 Å². The maximum Gasteiger partial charge on any atom is 0.251 e. The molecule has 2 rings (SSSR count). The zero-order valence-electron chi connectivity index (χ0n) is 11.1. The molecule has 4 nitrogen and oxygen atoms in total. The fourth-order valence-electron chi connectivity index (χ4n) is 2.15. The molecule has 0 aliphatic carbocycles. The maximum atomic E-state index is 11.8. The fraction of sp³-hybridized carbons (Fsp3) is 0.500. The van der Waals surface area contributed by atoms with Gasteiger partial charge in [0.25, 0.3) is 5.91 Å². The van der Waals surface area contributed by atoms with Gasteiger partial charge in [-0.3, -0.25) is 4.79 Å². The van der Waals surface area contributed by atoms with Crippen LogP contribution in [0.5, 0.6) is 0 Å². The number of carbonyl (C=O) groups is 1. The smallest absolute Gasteiger partial charge is 0.251 e. The molecule has 1 aromatic carbocycles. The number of carbonyl (C=O) groups excluding carboxylic acids is 1. The highest BCUT2D eigenvalue weighted by molar-refractivity contribution is 7.80. The zero-order valence-corrected chi connectivity index (χ0v) is 12.0. The SMILES string of the molecule is O=C(NCCCN1CCNCC1)c1ccc(S)cc1. The van der Waals surface area contributed by atoms with Crippen molar-refractivity contribution in [2.75, 3.05) is 39.3 Å². The Balaban J connectivity index is 1.64. The molecule has 19 heavy (non-hydrogen) atoms. The van der Waals surface area contributed by atoms with Crippen molar-refractivity contribution >= 4 is 18.5 Å². The van der Waals surface area contributed by atoms with Crippen LogP contribution in [0.1, 0.15) is 16.8 Å². The van der Waals surface area contributed by atoms with Crippen LogP contribution in [0.2, 0.25) is 0 Å². The van der Waals surface area contributed by atoms with Gasteiger partial charge in [0.15, 0.2) is 0 Å². The Morgan fingerprint density at radius 1 is 1.26 bits per heavy atom. The van der Waals surface area contributed by atoms with Gasteiger partial charge in [0, 0.05) is 43.2 Å². The molecule has 1 amide bonds. The maximum absolute atomic E-state index is 11.8. The summed E-state index contributed by atoms with van der Waals surface area (Å²) < 4.78 is 0. The highest BCUT2D eigenvalue weighted by Crippen LogP contribution is 2.07. The van der Waals surface area contributed by atoms with E-state index in [0.29, 0.717) is 5.56 Å². The Morgan fingerprint density at radius 2 is 1.95 bits per heavy atom. The molecule has 2 N–H and O–H groups in total. The molecule has 0 unspecified atom stereocenters. The summed E-state index contributed by atoms with van der Waals surface area (Å²) in [4.78, 5) is 15.1. The second-order valence-electron chi connectivity index (χ2n) is 4.75. The number of hydrogen-bond acceptors (Lipinski definition) is 4. The first-order valence-corrected chi connectivity index (χ1v) is 7.21. The van der Waals surface area contributed by atoms with Gasteiger partial charge in [-0.25, -0.2) is 0 Å². The van der Waals surface area contributed by atoms with Crippen LogP contribution in [-0.4, -0.2) is 50.1 Å². The van der Waals surface area contributed by atoms with Gasteiger partial charge >= 0.3 is 0 Å². The van der Waals surface area contributed by atoms with E-state index in [4.69, 9.17) is 0 Å². The van der Waals surface area contributed by atoms with Gasteiger partial charge < -0.3 is 15.5 Å². The Kier molecular flexibility index (Phi) is 5.69. The van der Waals surface area contributed by atoms with E-state index in [1.54, 1.807) is 12.1 Å². The normalized spacial score (nSPS) is 16.3. The summed E-state index contributed by atoms with van der Waals surface area (Å²) in [5.41, 5.74) is 0.694. The van der Waals surface area contributed by atoms with Gasteiger partial charge in [0.1, 0.15) is 0 Å². The van der Waals surface area contributed by atoms with E-state index >= 15 is 0 Å². The lowest BCUT2D eigenvalue weighted by Crippen LogP contribution is -2.44. The lowest BCUT2D eigenvalue weighted by Gasteiger charge is -2.27. The predicted octanol–water partition coefficient (Wildman–Crippen LogP) is 1.00. The largest absolute Gasteiger partial charge is 0.352 e. The molecule has 104 valence electrons. The molecule has 0 bridgehead atoms. The van der Waals surface area contributed by atoms with Crippen LogP contribution in [-0.2, 0) is 0 Å². The van der Waals surface area contributed by atoms with Crippen molar-refractivity contribution in [3.05, 3.63) is 29.8 Å². The lowest BCUT2D eigenvalue weighted by atomic mass is 10.2. The van der Waals surface area contributed by atoms with E-state index in [-0.39, 0.29) is 5.91 Å². The van der Waals surface area contributed by atoms with Crippen LogP contribution in [0.3, 0.4) is 0 Å². The average Bonchev–Trinajstić information content (AvgIpc) is 2.45. The van der Waals surface area contributed by atoms with E-state index in [1.807, 2.05) is 12.1 Å². The first-order valence-electron chi connectivity index (χ1n) is 6.76. The van der Waals surface area contributed by atoms with Gasteiger partial charge in [-0.2, -0.15) is 0 Å². The highest BCUT2D eigenvalue weighted by atomic mass is 32.1. The average molecular weight is 279 g/mol. The van der Waals surface area contributed by atoms with Crippen LogP contribution < -0.4 is 10.6 Å². The van der Waals surface area contributed by atoms with Crippen molar-refractivity contribution in [2.24, 2.45) is 0 Å². The number of nitrogens with one attached hydrogen (secondary N) is 2. The topological polar surface area (TPSA) is 44.4 Å². The second-order valence-corrected chi connectivity index (χ2v) is 5.26. The molecule has 0 saturated carbocycles. The molecular weight excluding hydrogens is 258 g/mol. The summed E-state index contributed by atoms with van der Waals surface area (Å²) in [6.45, 7) is 6.14. The highest BCUT2D eigenvalue weighted by Gasteiger charge is 2.09. The summed E-state index contributed by atoms with van der Waals surface area (Å²) in [5.74, 6) is -0.00589. The standard InChI is InChI=1S/C14H21N3OS/c18-14(12-2-4-13(19)5-3-12)16-6-1-9-17-10-7-15-8-11-17/h2-5,15,19H,1,6-11H2,(H,16,18). The Labute approximate surface area is 120 Å². The summed E-state index contributed by atoms with van der Waals surface area (Å²) in [7, 11) is 0. The molecule has 1 aliphatic heterocycles. The molecular formula is C14H21N3OS. The van der Waals surface area contributed by atoms with Gasteiger partial charge in [0.05, 0.1) is 0 Å². The zero-order chi connectivity index (χ0) is 13.5. The number of piperazine rings is 1. The van der Waals surface area contributed by atoms with E-state index in [9.17, 15) is 4.79 Å². The van der Waals surface area contributed by atoms with Gasteiger partial charge in [0.2, 0.25) is 0 Å². The Morgan fingerprint density at radius 3 is 2.63 bits per heavy atom. The monoisotopic (exact) mass is 279 g/mol. The minimum atomic E-state index is -0.00589. The Bertz CT molecular complexity index is 402. The van der Waals surface area contributed by atoms with Crippen molar-refractivity contribution in [3.8, 4) is 0 Å². The number of benzene rings is 1. The summed E-state index contributed by atoms with van der Waals surface area (Å²) in [6, 6.07) is 7.26. The van der Waals surface area contributed by atoms with Crippen LogP contribution in [0.25, 0.3) is 0 Å². The lowest BCUT2D eigenvalue weighted by molar-refractivity contribution is 0.0951. The fourth-order valence-corrected chi connectivity index (χ4v) is 2.30. The summed E-state index contributed by atoms with van der Waals surface area (Å²) in [5, 5.41) is 6.28. The molecule has 1 saturated heterocycles.